The van der Waals surface area contributed by atoms with Crippen LogP contribution in [-0.2, 0) is 11.2 Å². The molecule has 1 aromatic carbocycles. The number of hydrogen-bond acceptors (Lipinski definition) is 2. The zero-order valence-corrected chi connectivity index (χ0v) is 10.6. The Balaban J connectivity index is 1.68. The van der Waals surface area contributed by atoms with Crippen molar-refractivity contribution in [2.45, 2.75) is 38.4 Å². The lowest BCUT2D eigenvalue weighted by Crippen LogP contribution is -2.28. The maximum atomic E-state index is 12.9. The predicted molar refractivity (Wildman–Crippen MR) is 66.5 cm³/mol. The quantitative estimate of drug-likeness (QED) is 0.817. The van der Waals surface area contributed by atoms with Crippen molar-refractivity contribution in [3.63, 3.8) is 0 Å². The third-order valence-corrected chi connectivity index (χ3v) is 3.20. The van der Waals surface area contributed by atoms with Gasteiger partial charge in [0.05, 0.1) is 12.2 Å². The highest BCUT2D eigenvalue weighted by atomic mass is 19.1. The number of halogens is 2. The molecule has 2 unspecified atom stereocenters. The molecule has 1 heterocycles. The van der Waals surface area contributed by atoms with Crippen LogP contribution in [0.1, 0.15) is 25.3 Å². The Morgan fingerprint density at radius 1 is 1.22 bits per heavy atom. The summed E-state index contributed by atoms with van der Waals surface area (Å²) in [5.74, 6) is -1.03. The van der Waals surface area contributed by atoms with Gasteiger partial charge in [-0.3, -0.25) is 0 Å². The highest BCUT2D eigenvalue weighted by Gasteiger charge is 2.20. The van der Waals surface area contributed by atoms with Crippen LogP contribution in [0.15, 0.2) is 18.2 Å². The predicted octanol–water partition coefficient (Wildman–Crippen LogP) is 2.66. The molecular weight excluding hydrogens is 236 g/mol. The molecule has 4 heteroatoms. The summed E-state index contributed by atoms with van der Waals surface area (Å²) < 4.78 is 31.6. The van der Waals surface area contributed by atoms with Crippen LogP contribution in [0.2, 0.25) is 0 Å². The molecule has 18 heavy (non-hydrogen) atoms. The Hall–Kier alpha value is -1.00. The highest BCUT2D eigenvalue weighted by molar-refractivity contribution is 5.18. The van der Waals surface area contributed by atoms with Gasteiger partial charge in [-0.15, -0.1) is 0 Å². The Morgan fingerprint density at radius 3 is 2.56 bits per heavy atom. The second-order valence-electron chi connectivity index (χ2n) is 4.88. The van der Waals surface area contributed by atoms with Crippen LogP contribution in [0.3, 0.4) is 0 Å². The molecule has 1 aromatic rings. The zero-order chi connectivity index (χ0) is 13.0. The van der Waals surface area contributed by atoms with Gasteiger partial charge in [-0.25, -0.2) is 8.78 Å². The Labute approximate surface area is 106 Å². The van der Waals surface area contributed by atoms with Crippen LogP contribution in [0.5, 0.6) is 0 Å². The minimum absolute atomic E-state index is 0.282. The van der Waals surface area contributed by atoms with E-state index in [1.54, 1.807) is 0 Å². The van der Waals surface area contributed by atoms with Crippen LogP contribution in [0.25, 0.3) is 0 Å². The monoisotopic (exact) mass is 255 g/mol. The SMILES string of the molecule is CC1CCC(CNCCc2cc(F)cc(F)c2)O1. The Bertz CT molecular complexity index is 377. The lowest BCUT2D eigenvalue weighted by molar-refractivity contribution is 0.0562. The van der Waals surface area contributed by atoms with Gasteiger partial charge in [-0.05, 0) is 50.4 Å². The summed E-state index contributed by atoms with van der Waals surface area (Å²) in [7, 11) is 0. The van der Waals surface area contributed by atoms with E-state index in [4.69, 9.17) is 4.74 Å². The second-order valence-corrected chi connectivity index (χ2v) is 4.88. The molecular formula is C14H19F2NO. The molecule has 0 radical (unpaired) electrons. The summed E-state index contributed by atoms with van der Waals surface area (Å²) >= 11 is 0. The van der Waals surface area contributed by atoms with E-state index in [1.165, 1.54) is 12.1 Å². The van der Waals surface area contributed by atoms with Gasteiger partial charge in [0.2, 0.25) is 0 Å². The van der Waals surface area contributed by atoms with Crippen LogP contribution in [0, 0.1) is 11.6 Å². The van der Waals surface area contributed by atoms with Crippen molar-refractivity contribution in [2.75, 3.05) is 13.1 Å². The van der Waals surface area contributed by atoms with E-state index in [-0.39, 0.29) is 6.10 Å². The minimum Gasteiger partial charge on any atom is -0.374 e. The van der Waals surface area contributed by atoms with Gasteiger partial charge in [0.15, 0.2) is 0 Å². The molecule has 1 N–H and O–H groups in total. The molecule has 2 rings (SSSR count). The van der Waals surface area contributed by atoms with Crippen molar-refractivity contribution >= 4 is 0 Å². The zero-order valence-electron chi connectivity index (χ0n) is 10.6. The fraction of sp³-hybridized carbons (Fsp3) is 0.571. The number of ether oxygens (including phenoxy) is 1. The van der Waals surface area contributed by atoms with Gasteiger partial charge in [0, 0.05) is 12.6 Å². The van der Waals surface area contributed by atoms with Gasteiger partial charge in [-0.2, -0.15) is 0 Å². The van der Waals surface area contributed by atoms with Gasteiger partial charge < -0.3 is 10.1 Å². The molecule has 0 aliphatic carbocycles. The van der Waals surface area contributed by atoms with Crippen molar-refractivity contribution in [1.29, 1.82) is 0 Å². The van der Waals surface area contributed by atoms with Crippen molar-refractivity contribution in [2.24, 2.45) is 0 Å². The molecule has 2 atom stereocenters. The van der Waals surface area contributed by atoms with E-state index in [2.05, 4.69) is 12.2 Å². The molecule has 1 aliphatic heterocycles. The first-order chi connectivity index (χ1) is 8.63. The normalized spacial score (nSPS) is 23.5. The number of rotatable bonds is 5. The molecule has 0 saturated carbocycles. The standard InChI is InChI=1S/C14H19F2NO/c1-10-2-3-14(18-10)9-17-5-4-11-6-12(15)8-13(16)7-11/h6-8,10,14,17H,2-5,9H2,1H3. The van der Waals surface area contributed by atoms with E-state index in [0.717, 1.165) is 25.5 Å². The number of hydrogen-bond donors (Lipinski definition) is 1. The largest absolute Gasteiger partial charge is 0.374 e. The topological polar surface area (TPSA) is 21.3 Å². The number of nitrogens with one attached hydrogen (secondary N) is 1. The fourth-order valence-electron chi connectivity index (χ4n) is 2.29. The Morgan fingerprint density at radius 2 is 1.94 bits per heavy atom. The first-order valence-electron chi connectivity index (χ1n) is 6.44. The van der Waals surface area contributed by atoms with E-state index >= 15 is 0 Å². The maximum absolute atomic E-state index is 12.9. The van der Waals surface area contributed by atoms with Crippen LogP contribution < -0.4 is 5.32 Å². The van der Waals surface area contributed by atoms with Gasteiger partial charge in [0.25, 0.3) is 0 Å². The van der Waals surface area contributed by atoms with E-state index in [9.17, 15) is 8.78 Å². The molecule has 1 fully saturated rings. The molecule has 0 bridgehead atoms. The summed E-state index contributed by atoms with van der Waals surface area (Å²) in [6.07, 6.45) is 3.46. The first-order valence-corrected chi connectivity index (χ1v) is 6.44. The second kappa shape index (κ2) is 6.25. The minimum atomic E-state index is -0.516. The first kappa shape index (κ1) is 13.4. The van der Waals surface area contributed by atoms with Crippen molar-refractivity contribution in [1.82, 2.24) is 5.32 Å². The molecule has 2 nitrogen and oxygen atoms in total. The van der Waals surface area contributed by atoms with Crippen LogP contribution >= 0.6 is 0 Å². The highest BCUT2D eigenvalue weighted by Crippen LogP contribution is 2.18. The molecule has 100 valence electrons. The van der Waals surface area contributed by atoms with Crippen LogP contribution in [0.4, 0.5) is 8.78 Å². The molecule has 0 spiro atoms. The summed E-state index contributed by atoms with van der Waals surface area (Å²) in [5.41, 5.74) is 0.681. The number of benzene rings is 1. The third kappa shape index (κ3) is 4.03. The molecule has 1 saturated heterocycles. The maximum Gasteiger partial charge on any atom is 0.126 e. The van der Waals surface area contributed by atoms with E-state index in [1.807, 2.05) is 0 Å². The van der Waals surface area contributed by atoms with Gasteiger partial charge >= 0.3 is 0 Å². The van der Waals surface area contributed by atoms with Crippen molar-refractivity contribution < 1.29 is 13.5 Å². The van der Waals surface area contributed by atoms with Gasteiger partial charge in [0.1, 0.15) is 11.6 Å². The third-order valence-electron chi connectivity index (χ3n) is 3.20. The fourth-order valence-corrected chi connectivity index (χ4v) is 2.29. The van der Waals surface area contributed by atoms with E-state index in [0.29, 0.717) is 24.6 Å². The van der Waals surface area contributed by atoms with E-state index < -0.39 is 11.6 Å². The summed E-state index contributed by atoms with van der Waals surface area (Å²) in [4.78, 5) is 0. The van der Waals surface area contributed by atoms with Crippen molar-refractivity contribution in [3.8, 4) is 0 Å². The average Bonchev–Trinajstić information content (AvgIpc) is 2.69. The average molecular weight is 255 g/mol. The summed E-state index contributed by atoms with van der Waals surface area (Å²) in [5, 5.41) is 3.27. The lowest BCUT2D eigenvalue weighted by atomic mass is 10.1. The van der Waals surface area contributed by atoms with Crippen LogP contribution in [-0.4, -0.2) is 25.3 Å². The lowest BCUT2D eigenvalue weighted by Gasteiger charge is -2.12. The van der Waals surface area contributed by atoms with Crippen molar-refractivity contribution in [3.05, 3.63) is 35.4 Å². The van der Waals surface area contributed by atoms with Gasteiger partial charge in [-0.1, -0.05) is 0 Å². The molecule has 1 aliphatic rings. The summed E-state index contributed by atoms with van der Waals surface area (Å²) in [6, 6.07) is 3.64. The summed E-state index contributed by atoms with van der Waals surface area (Å²) in [6.45, 7) is 3.59. The molecule has 0 amide bonds. The Kier molecular flexibility index (Phi) is 4.66. The molecule has 0 aromatic heterocycles. The smallest absolute Gasteiger partial charge is 0.126 e.